The maximum absolute atomic E-state index is 13.3. The molecule has 1 atom stereocenters. The molecule has 7 heteroatoms. The van der Waals surface area contributed by atoms with Crippen LogP contribution in [0.1, 0.15) is 50.2 Å². The Balaban J connectivity index is 1.77. The van der Waals surface area contributed by atoms with Crippen molar-refractivity contribution >= 4 is 35.0 Å². The van der Waals surface area contributed by atoms with E-state index in [-0.39, 0.29) is 30.8 Å². The number of ether oxygens (including phenoxy) is 1. The Kier molecular flexibility index (Phi) is 8.83. The van der Waals surface area contributed by atoms with Gasteiger partial charge in [-0.3, -0.25) is 9.59 Å². The number of nitrogens with one attached hydrogen (secondary N) is 1. The van der Waals surface area contributed by atoms with Crippen molar-refractivity contribution in [1.82, 2.24) is 10.2 Å². The van der Waals surface area contributed by atoms with Crippen LogP contribution in [0.2, 0.25) is 10.0 Å². The van der Waals surface area contributed by atoms with Gasteiger partial charge in [-0.2, -0.15) is 0 Å². The zero-order chi connectivity index (χ0) is 23.1. The molecule has 1 N–H and O–H groups in total. The summed E-state index contributed by atoms with van der Waals surface area (Å²) in [5.41, 5.74) is 1.68. The number of hydrogen-bond acceptors (Lipinski definition) is 3. The van der Waals surface area contributed by atoms with E-state index in [0.29, 0.717) is 10.0 Å². The van der Waals surface area contributed by atoms with Crippen LogP contribution in [0.3, 0.4) is 0 Å². The molecule has 2 amide bonds. The minimum Gasteiger partial charge on any atom is -0.497 e. The van der Waals surface area contributed by atoms with E-state index >= 15 is 0 Å². The summed E-state index contributed by atoms with van der Waals surface area (Å²) in [4.78, 5) is 28.0. The van der Waals surface area contributed by atoms with Crippen LogP contribution in [-0.2, 0) is 22.6 Å². The maximum Gasteiger partial charge on any atom is 0.242 e. The molecule has 0 aromatic heterocycles. The van der Waals surface area contributed by atoms with Crippen LogP contribution < -0.4 is 10.1 Å². The lowest BCUT2D eigenvalue weighted by Gasteiger charge is -2.31. The predicted molar refractivity (Wildman–Crippen MR) is 128 cm³/mol. The fourth-order valence-corrected chi connectivity index (χ4v) is 4.33. The van der Waals surface area contributed by atoms with Gasteiger partial charge in [-0.1, -0.05) is 60.7 Å². The summed E-state index contributed by atoms with van der Waals surface area (Å²) in [6.07, 6.45) is 5.64. The van der Waals surface area contributed by atoms with Crippen molar-refractivity contribution in [3.05, 3.63) is 63.6 Å². The van der Waals surface area contributed by atoms with E-state index in [1.165, 1.54) is 6.42 Å². The van der Waals surface area contributed by atoms with Gasteiger partial charge in [0.2, 0.25) is 11.8 Å². The molecular formula is C25H30Cl2N2O3. The first-order valence-electron chi connectivity index (χ1n) is 11.0. The predicted octanol–water partition coefficient (Wildman–Crippen LogP) is 5.41. The topological polar surface area (TPSA) is 58.6 Å². The van der Waals surface area contributed by atoms with Gasteiger partial charge in [-0.15, -0.1) is 0 Å². The number of rotatable bonds is 8. The largest absolute Gasteiger partial charge is 0.497 e. The van der Waals surface area contributed by atoms with E-state index < -0.39 is 6.04 Å². The molecule has 1 saturated carbocycles. The van der Waals surface area contributed by atoms with Gasteiger partial charge in [0.15, 0.2) is 0 Å². The summed E-state index contributed by atoms with van der Waals surface area (Å²) in [5, 5.41) is 4.02. The fraction of sp³-hybridized carbons (Fsp3) is 0.440. The van der Waals surface area contributed by atoms with Gasteiger partial charge in [0, 0.05) is 12.6 Å². The Morgan fingerprint density at radius 3 is 2.31 bits per heavy atom. The first-order valence-corrected chi connectivity index (χ1v) is 11.8. The molecule has 1 aliphatic carbocycles. The average molecular weight is 477 g/mol. The maximum atomic E-state index is 13.3. The highest BCUT2D eigenvalue weighted by Crippen LogP contribution is 2.24. The molecule has 0 bridgehead atoms. The number of nitrogens with zero attached hydrogens (tertiary/aromatic N) is 1. The Bertz CT molecular complexity index is 927. The zero-order valence-electron chi connectivity index (χ0n) is 18.6. The standard InChI is InChI=1S/C25H30Cl2N2O3/c1-17(25(31)28-20-6-4-3-5-7-20)29(16-19-10-13-22(26)23(27)14-19)24(30)15-18-8-11-21(32-2)12-9-18/h8-14,17,20H,3-7,15-16H2,1-2H3,(H,28,31)/t17-/m0/s1. The Morgan fingerprint density at radius 2 is 1.69 bits per heavy atom. The second-order valence-electron chi connectivity index (χ2n) is 8.31. The highest BCUT2D eigenvalue weighted by Gasteiger charge is 2.28. The lowest BCUT2D eigenvalue weighted by Crippen LogP contribution is -2.50. The lowest BCUT2D eigenvalue weighted by molar-refractivity contribution is -0.140. The van der Waals surface area contributed by atoms with Crippen LogP contribution in [0.4, 0.5) is 0 Å². The quantitative estimate of drug-likeness (QED) is 0.553. The molecule has 172 valence electrons. The van der Waals surface area contributed by atoms with Crippen molar-refractivity contribution in [2.45, 2.75) is 64.1 Å². The molecule has 32 heavy (non-hydrogen) atoms. The van der Waals surface area contributed by atoms with Gasteiger partial charge in [-0.05, 0) is 55.2 Å². The second-order valence-corrected chi connectivity index (χ2v) is 9.13. The molecule has 3 rings (SSSR count). The average Bonchev–Trinajstić information content (AvgIpc) is 2.80. The van der Waals surface area contributed by atoms with Gasteiger partial charge in [0.25, 0.3) is 0 Å². The molecule has 0 radical (unpaired) electrons. The fourth-order valence-electron chi connectivity index (χ4n) is 4.01. The molecule has 0 spiro atoms. The van der Waals surface area contributed by atoms with Crippen molar-refractivity contribution in [3.8, 4) is 5.75 Å². The second kappa shape index (κ2) is 11.6. The van der Waals surface area contributed by atoms with E-state index in [4.69, 9.17) is 27.9 Å². The number of methoxy groups -OCH3 is 1. The van der Waals surface area contributed by atoms with Crippen molar-refractivity contribution in [2.75, 3.05) is 7.11 Å². The van der Waals surface area contributed by atoms with Gasteiger partial charge in [0.05, 0.1) is 23.6 Å². The van der Waals surface area contributed by atoms with Crippen LogP contribution in [0, 0.1) is 0 Å². The van der Waals surface area contributed by atoms with Crippen molar-refractivity contribution in [1.29, 1.82) is 0 Å². The Labute approximate surface area is 200 Å². The van der Waals surface area contributed by atoms with Crippen molar-refractivity contribution in [2.24, 2.45) is 0 Å². The summed E-state index contributed by atoms with van der Waals surface area (Å²) in [6.45, 7) is 2.05. The third-order valence-corrected chi connectivity index (χ3v) is 6.71. The minimum absolute atomic E-state index is 0.125. The number of amides is 2. The number of carbonyl (C=O) groups is 2. The lowest BCUT2D eigenvalue weighted by atomic mass is 9.95. The highest BCUT2D eigenvalue weighted by molar-refractivity contribution is 6.42. The normalized spacial score (nSPS) is 15.1. The zero-order valence-corrected chi connectivity index (χ0v) is 20.1. The number of carbonyl (C=O) groups excluding carboxylic acids is 2. The van der Waals surface area contributed by atoms with Gasteiger partial charge >= 0.3 is 0 Å². The highest BCUT2D eigenvalue weighted by atomic mass is 35.5. The Morgan fingerprint density at radius 1 is 1.03 bits per heavy atom. The van der Waals surface area contributed by atoms with Gasteiger partial charge in [-0.25, -0.2) is 0 Å². The first-order chi connectivity index (χ1) is 15.4. The van der Waals surface area contributed by atoms with E-state index in [2.05, 4.69) is 5.32 Å². The smallest absolute Gasteiger partial charge is 0.242 e. The molecule has 1 aliphatic rings. The van der Waals surface area contributed by atoms with E-state index in [0.717, 1.165) is 42.6 Å². The summed E-state index contributed by atoms with van der Waals surface area (Å²) in [7, 11) is 1.60. The van der Waals surface area contributed by atoms with Crippen LogP contribution >= 0.6 is 23.2 Å². The van der Waals surface area contributed by atoms with Crippen LogP contribution in [-0.4, -0.2) is 35.9 Å². The first kappa shape index (κ1) is 24.4. The third kappa shape index (κ3) is 6.63. The molecule has 0 heterocycles. The third-order valence-electron chi connectivity index (χ3n) is 5.97. The van der Waals surface area contributed by atoms with Crippen LogP contribution in [0.15, 0.2) is 42.5 Å². The minimum atomic E-state index is -0.614. The van der Waals surface area contributed by atoms with Crippen LogP contribution in [0.5, 0.6) is 5.75 Å². The number of benzene rings is 2. The molecule has 2 aromatic carbocycles. The summed E-state index contributed by atoms with van der Waals surface area (Å²) >= 11 is 12.2. The number of halogens is 2. The molecule has 2 aromatic rings. The van der Waals surface area contributed by atoms with Crippen molar-refractivity contribution in [3.63, 3.8) is 0 Å². The number of hydrogen-bond donors (Lipinski definition) is 1. The molecule has 1 fully saturated rings. The summed E-state index contributed by atoms with van der Waals surface area (Å²) in [5.74, 6) is 0.474. The molecular weight excluding hydrogens is 447 g/mol. The van der Waals surface area contributed by atoms with E-state index in [9.17, 15) is 9.59 Å². The molecule has 5 nitrogen and oxygen atoms in total. The summed E-state index contributed by atoms with van der Waals surface area (Å²) in [6, 6.07) is 12.2. The van der Waals surface area contributed by atoms with Crippen molar-refractivity contribution < 1.29 is 14.3 Å². The van der Waals surface area contributed by atoms with Gasteiger partial charge < -0.3 is 15.0 Å². The molecule has 0 aliphatic heterocycles. The molecule has 0 unspecified atom stereocenters. The van der Waals surface area contributed by atoms with Gasteiger partial charge in [0.1, 0.15) is 11.8 Å². The van der Waals surface area contributed by atoms with E-state index in [1.807, 2.05) is 30.3 Å². The van der Waals surface area contributed by atoms with Crippen LogP contribution in [0.25, 0.3) is 0 Å². The molecule has 0 saturated heterocycles. The van der Waals surface area contributed by atoms with E-state index in [1.54, 1.807) is 31.1 Å². The summed E-state index contributed by atoms with van der Waals surface area (Å²) < 4.78 is 5.19. The Hall–Kier alpha value is -2.24. The monoisotopic (exact) mass is 476 g/mol. The SMILES string of the molecule is COc1ccc(CC(=O)N(Cc2ccc(Cl)c(Cl)c2)[C@@H](C)C(=O)NC2CCCCC2)cc1.